The molecule has 6 rings (SSSR count). The molecule has 0 fully saturated rings. The molecular weight excluding hydrogens is 649 g/mol. The predicted molar refractivity (Wildman–Crippen MR) is 170 cm³/mol. The predicted octanol–water partition coefficient (Wildman–Crippen LogP) is 5.41. The molecule has 0 saturated carbocycles. The molecule has 0 aliphatic heterocycles. The van der Waals surface area contributed by atoms with Gasteiger partial charge in [-0.1, -0.05) is 54.9 Å². The normalized spacial score (nSPS) is 10.2. The lowest BCUT2D eigenvalue weighted by Crippen LogP contribution is -2.29. The first-order valence-electron chi connectivity index (χ1n) is 11.2. The zero-order chi connectivity index (χ0) is 27.2. The van der Waals surface area contributed by atoms with Gasteiger partial charge in [0.1, 0.15) is 15.0 Å². The van der Waals surface area contributed by atoms with Crippen molar-refractivity contribution >= 4 is 81.0 Å². The first-order valence-corrected chi connectivity index (χ1v) is 13.0. The van der Waals surface area contributed by atoms with Crippen LogP contribution in [-0.2, 0) is 0 Å². The topological polar surface area (TPSA) is 127 Å². The number of anilines is 2. The van der Waals surface area contributed by atoms with Gasteiger partial charge in [-0.05, 0) is 64.5 Å². The third-order valence-electron chi connectivity index (χ3n) is 5.30. The number of pyridine rings is 2. The van der Waals surface area contributed by atoms with Gasteiger partial charge >= 0.3 is 7.12 Å². The first-order chi connectivity index (χ1) is 18.2. The maximum absolute atomic E-state index is 8.65. The lowest BCUT2D eigenvalue weighted by atomic mass is 9.80. The molecule has 0 unspecified atom stereocenters. The standard InChI is InChI=1S/C13H10ClN3.C7H4ClIN2.C6H8BNO2.CH4/c14-10-4-5-17-12(8-16-13(17)7-10)9-2-1-3-11(15)6-9;8-5-1-2-11-6(9)4-10-7(11)3-5;8-6-3-1-2-5(4-6)7(9)10;/h1-8H,15H2;1-4H;1-4,9-10H,8H2;1H4. The van der Waals surface area contributed by atoms with E-state index in [1.54, 1.807) is 18.2 Å². The van der Waals surface area contributed by atoms with Crippen LogP contribution in [0.4, 0.5) is 11.4 Å². The maximum Gasteiger partial charge on any atom is 0.488 e. The Hall–Kier alpha value is -3.29. The SMILES string of the molecule is C.Clc1ccn2c(I)cnc2c1.Nc1cccc(-c2cnc3cc(Cl)ccn23)c1.Nc1cccc(B(O)O)c1. The minimum Gasteiger partial charge on any atom is -0.423 e. The smallest absolute Gasteiger partial charge is 0.423 e. The van der Waals surface area contributed by atoms with Crippen LogP contribution in [0.25, 0.3) is 22.6 Å². The Kier molecular flexibility index (Phi) is 10.6. The highest BCUT2D eigenvalue weighted by Gasteiger charge is 2.09. The van der Waals surface area contributed by atoms with Gasteiger partial charge in [0.25, 0.3) is 0 Å². The van der Waals surface area contributed by atoms with E-state index < -0.39 is 7.12 Å². The zero-order valence-electron chi connectivity index (χ0n) is 19.8. The molecule has 0 bridgehead atoms. The van der Waals surface area contributed by atoms with Gasteiger partial charge in [-0.15, -0.1) is 0 Å². The van der Waals surface area contributed by atoms with Crippen molar-refractivity contribution < 1.29 is 10.0 Å². The highest BCUT2D eigenvalue weighted by Crippen LogP contribution is 2.24. The molecule has 0 aliphatic rings. The van der Waals surface area contributed by atoms with Crippen molar-refractivity contribution in [3.05, 3.63) is 111 Å². The number of nitrogen functional groups attached to an aromatic ring is 2. The number of halogens is 3. The molecule has 0 aliphatic carbocycles. The van der Waals surface area contributed by atoms with Crippen molar-refractivity contribution in [3.63, 3.8) is 0 Å². The van der Waals surface area contributed by atoms with Crippen LogP contribution in [0.3, 0.4) is 0 Å². The number of benzene rings is 2. The lowest BCUT2D eigenvalue weighted by molar-refractivity contribution is 0.426. The molecular formula is C27H26BCl2IN6O2. The molecule has 0 spiro atoms. The Morgan fingerprint density at radius 3 is 1.90 bits per heavy atom. The number of hydrogen-bond acceptors (Lipinski definition) is 6. The van der Waals surface area contributed by atoms with Crippen molar-refractivity contribution in [3.8, 4) is 11.3 Å². The fourth-order valence-electron chi connectivity index (χ4n) is 3.51. The number of hydrogen-bond donors (Lipinski definition) is 4. The van der Waals surface area contributed by atoms with Gasteiger partial charge in [-0.25, -0.2) is 9.97 Å². The van der Waals surface area contributed by atoms with Gasteiger partial charge in [-0.3, -0.25) is 8.80 Å². The van der Waals surface area contributed by atoms with Gasteiger partial charge in [0, 0.05) is 51.5 Å². The Balaban J connectivity index is 0.000000168. The maximum atomic E-state index is 8.65. The molecule has 39 heavy (non-hydrogen) atoms. The van der Waals surface area contributed by atoms with Gasteiger partial charge in [0.15, 0.2) is 0 Å². The molecule has 12 heteroatoms. The molecule has 0 radical (unpaired) electrons. The third kappa shape index (κ3) is 7.87. The van der Waals surface area contributed by atoms with E-state index in [0.717, 1.165) is 37.0 Å². The number of rotatable bonds is 2. The van der Waals surface area contributed by atoms with Crippen LogP contribution in [0.5, 0.6) is 0 Å². The highest BCUT2D eigenvalue weighted by atomic mass is 127. The molecule has 8 nitrogen and oxygen atoms in total. The number of nitrogens with two attached hydrogens (primary N) is 2. The van der Waals surface area contributed by atoms with Crippen molar-refractivity contribution in [2.75, 3.05) is 11.5 Å². The van der Waals surface area contributed by atoms with Gasteiger partial charge in [0.05, 0.1) is 18.1 Å². The summed E-state index contributed by atoms with van der Waals surface area (Å²) in [4.78, 5) is 8.47. The van der Waals surface area contributed by atoms with E-state index >= 15 is 0 Å². The van der Waals surface area contributed by atoms with Crippen molar-refractivity contribution in [2.24, 2.45) is 0 Å². The summed E-state index contributed by atoms with van der Waals surface area (Å²) in [5, 5.41) is 18.7. The summed E-state index contributed by atoms with van der Waals surface area (Å²) in [6, 6.07) is 21.6. The molecule has 4 aromatic heterocycles. The van der Waals surface area contributed by atoms with Crippen molar-refractivity contribution in [1.82, 2.24) is 18.8 Å². The molecule has 0 saturated heterocycles. The van der Waals surface area contributed by atoms with E-state index in [1.165, 1.54) is 6.07 Å². The van der Waals surface area contributed by atoms with Crippen LogP contribution in [-0.4, -0.2) is 35.9 Å². The summed E-state index contributed by atoms with van der Waals surface area (Å²) in [6.07, 6.45) is 7.45. The Bertz CT molecular complexity index is 1690. The average molecular weight is 675 g/mol. The van der Waals surface area contributed by atoms with Crippen LogP contribution >= 0.6 is 45.8 Å². The number of aromatic nitrogens is 4. The molecule has 200 valence electrons. The largest absolute Gasteiger partial charge is 0.488 e. The van der Waals surface area contributed by atoms with Crippen LogP contribution in [0.15, 0.2) is 97.6 Å². The Morgan fingerprint density at radius 1 is 0.744 bits per heavy atom. The van der Waals surface area contributed by atoms with E-state index in [0.29, 0.717) is 16.2 Å². The second kappa shape index (κ2) is 13.7. The van der Waals surface area contributed by atoms with E-state index in [9.17, 15) is 0 Å². The summed E-state index contributed by atoms with van der Waals surface area (Å²) >= 11 is 13.9. The summed E-state index contributed by atoms with van der Waals surface area (Å²) in [5.41, 5.74) is 16.6. The summed E-state index contributed by atoms with van der Waals surface area (Å²) < 4.78 is 5.06. The Labute approximate surface area is 250 Å². The van der Waals surface area contributed by atoms with E-state index in [1.807, 2.05) is 82.1 Å². The van der Waals surface area contributed by atoms with Crippen molar-refractivity contribution in [1.29, 1.82) is 0 Å². The van der Waals surface area contributed by atoms with E-state index in [4.69, 9.17) is 44.7 Å². The van der Waals surface area contributed by atoms with Crippen molar-refractivity contribution in [2.45, 2.75) is 7.43 Å². The van der Waals surface area contributed by atoms with Crippen LogP contribution in [0, 0.1) is 3.70 Å². The average Bonchev–Trinajstić information content (AvgIpc) is 3.47. The summed E-state index contributed by atoms with van der Waals surface area (Å²) in [6.45, 7) is 0. The van der Waals surface area contributed by atoms with Crippen LogP contribution < -0.4 is 16.9 Å². The summed E-state index contributed by atoms with van der Waals surface area (Å²) in [7, 11) is -1.43. The van der Waals surface area contributed by atoms with E-state index in [2.05, 4.69) is 32.6 Å². The molecule has 0 atom stereocenters. The number of imidazole rings is 2. The van der Waals surface area contributed by atoms with Gasteiger partial charge in [-0.2, -0.15) is 0 Å². The fourth-order valence-corrected chi connectivity index (χ4v) is 4.37. The second-order valence-electron chi connectivity index (χ2n) is 8.04. The Morgan fingerprint density at radius 2 is 1.31 bits per heavy atom. The number of nitrogens with zero attached hydrogens (tertiary/aromatic N) is 4. The minimum absolute atomic E-state index is 0. The minimum atomic E-state index is -1.43. The zero-order valence-corrected chi connectivity index (χ0v) is 23.5. The van der Waals surface area contributed by atoms with Gasteiger partial charge < -0.3 is 21.5 Å². The molecule has 4 heterocycles. The third-order valence-corrected chi connectivity index (χ3v) is 6.57. The highest BCUT2D eigenvalue weighted by molar-refractivity contribution is 14.1. The molecule has 6 aromatic rings. The molecule has 0 amide bonds. The van der Waals surface area contributed by atoms with E-state index in [-0.39, 0.29) is 7.43 Å². The van der Waals surface area contributed by atoms with Gasteiger partial charge in [0.2, 0.25) is 0 Å². The van der Waals surface area contributed by atoms with Crippen LogP contribution in [0.2, 0.25) is 10.0 Å². The fraction of sp³-hybridized carbons (Fsp3) is 0.0370. The summed E-state index contributed by atoms with van der Waals surface area (Å²) in [5.74, 6) is 0. The number of fused-ring (bicyclic) bond motifs is 2. The van der Waals surface area contributed by atoms with Crippen LogP contribution in [0.1, 0.15) is 7.43 Å². The molecule has 2 aromatic carbocycles. The lowest BCUT2D eigenvalue weighted by Gasteiger charge is -2.03. The second-order valence-corrected chi connectivity index (χ2v) is 10.0. The quantitative estimate of drug-likeness (QED) is 0.111. The molecule has 6 N–H and O–H groups in total. The first kappa shape index (κ1) is 30.3. The monoisotopic (exact) mass is 674 g/mol.